The Morgan fingerprint density at radius 1 is 1.18 bits per heavy atom. The first kappa shape index (κ1) is 26.8. The lowest BCUT2D eigenvalue weighted by molar-refractivity contribution is 0.304. The fourth-order valence-electron chi connectivity index (χ4n) is 2.28. The summed E-state index contributed by atoms with van der Waals surface area (Å²) in [6, 6.07) is 3.10. The fourth-order valence-corrected chi connectivity index (χ4v) is 3.65. The number of guanidine groups is 1. The molecule has 0 fully saturated rings. The van der Waals surface area contributed by atoms with Crippen LogP contribution in [0, 0.1) is 11.6 Å². The Hall–Kier alpha value is -1.21. The molecule has 1 rings (SSSR count). The highest BCUT2D eigenvalue weighted by atomic mass is 127. The number of aliphatic imine (C=N–C) groups is 1. The molecule has 0 aliphatic rings. The van der Waals surface area contributed by atoms with Gasteiger partial charge in [-0.1, -0.05) is 13.8 Å². The van der Waals surface area contributed by atoms with E-state index in [2.05, 4.69) is 15.6 Å². The molecule has 0 unspecified atom stereocenters. The number of hydrogen-bond donors (Lipinski definition) is 2. The highest BCUT2D eigenvalue weighted by Gasteiger charge is 2.17. The third-order valence-electron chi connectivity index (χ3n) is 3.61. The summed E-state index contributed by atoms with van der Waals surface area (Å²) in [6.45, 7) is 7.48. The molecule has 1 aromatic rings. The van der Waals surface area contributed by atoms with E-state index >= 15 is 0 Å². The van der Waals surface area contributed by atoms with Crippen molar-refractivity contribution in [1.29, 1.82) is 0 Å². The molecule has 0 heterocycles. The molecular formula is C17H29F2IN4O3S. The van der Waals surface area contributed by atoms with Crippen LogP contribution in [0.25, 0.3) is 0 Å². The van der Waals surface area contributed by atoms with Crippen molar-refractivity contribution in [1.82, 2.24) is 14.9 Å². The Balaban J connectivity index is 0.00000729. The summed E-state index contributed by atoms with van der Waals surface area (Å²) >= 11 is 0. The Morgan fingerprint density at radius 3 is 2.43 bits per heavy atom. The van der Waals surface area contributed by atoms with Gasteiger partial charge in [0.25, 0.3) is 0 Å². The van der Waals surface area contributed by atoms with E-state index in [9.17, 15) is 17.2 Å². The number of nitrogens with one attached hydrogen (secondary N) is 2. The van der Waals surface area contributed by atoms with Gasteiger partial charge in [-0.25, -0.2) is 21.5 Å². The first-order chi connectivity index (χ1) is 12.8. The monoisotopic (exact) mass is 534 g/mol. The van der Waals surface area contributed by atoms with Crippen molar-refractivity contribution < 1.29 is 21.9 Å². The van der Waals surface area contributed by atoms with Crippen LogP contribution in [0.4, 0.5) is 8.78 Å². The van der Waals surface area contributed by atoms with Gasteiger partial charge in [0.1, 0.15) is 12.4 Å². The van der Waals surface area contributed by atoms with Gasteiger partial charge < -0.3 is 15.4 Å². The number of hydrogen-bond acceptors (Lipinski definition) is 4. The molecule has 0 aliphatic heterocycles. The van der Waals surface area contributed by atoms with E-state index in [0.29, 0.717) is 32.1 Å². The molecule has 0 radical (unpaired) electrons. The average Bonchev–Trinajstić information content (AvgIpc) is 2.60. The summed E-state index contributed by atoms with van der Waals surface area (Å²) in [4.78, 5) is 4.23. The molecule has 0 saturated carbocycles. The van der Waals surface area contributed by atoms with Crippen LogP contribution in [0.15, 0.2) is 23.2 Å². The number of rotatable bonds is 11. The predicted octanol–water partition coefficient (Wildman–Crippen LogP) is 2.19. The van der Waals surface area contributed by atoms with Gasteiger partial charge >= 0.3 is 0 Å². The molecular weight excluding hydrogens is 505 g/mol. The van der Waals surface area contributed by atoms with Gasteiger partial charge in [0, 0.05) is 25.7 Å². The smallest absolute Gasteiger partial charge is 0.215 e. The number of benzene rings is 1. The van der Waals surface area contributed by atoms with Crippen LogP contribution in [0.5, 0.6) is 5.75 Å². The van der Waals surface area contributed by atoms with Crippen LogP contribution < -0.4 is 15.4 Å². The molecule has 1 aromatic carbocycles. The minimum atomic E-state index is -3.33. The zero-order chi connectivity index (χ0) is 20.3. The van der Waals surface area contributed by atoms with Crippen LogP contribution >= 0.6 is 24.0 Å². The van der Waals surface area contributed by atoms with E-state index in [-0.39, 0.29) is 48.6 Å². The minimum Gasteiger partial charge on any atom is -0.489 e. The lowest BCUT2D eigenvalue weighted by Crippen LogP contribution is -2.40. The molecule has 162 valence electrons. The summed E-state index contributed by atoms with van der Waals surface area (Å²) in [6.07, 6.45) is 0. The van der Waals surface area contributed by atoms with Crippen LogP contribution in [0.1, 0.15) is 20.8 Å². The summed E-state index contributed by atoms with van der Waals surface area (Å²) in [7, 11) is -3.33. The SMILES string of the molecule is CCNC(=NCCS(=O)(=O)N(CC)CC)NCCOc1ccc(F)cc1F.I. The van der Waals surface area contributed by atoms with Gasteiger partial charge in [0.15, 0.2) is 17.5 Å². The highest BCUT2D eigenvalue weighted by molar-refractivity contribution is 14.0. The third kappa shape index (κ3) is 9.32. The number of ether oxygens (including phenoxy) is 1. The molecule has 0 bridgehead atoms. The average molecular weight is 534 g/mol. The van der Waals surface area contributed by atoms with Crippen LogP contribution in [-0.4, -0.2) is 63.8 Å². The molecule has 7 nitrogen and oxygen atoms in total. The molecule has 2 N–H and O–H groups in total. The summed E-state index contributed by atoms with van der Waals surface area (Å²) in [5.41, 5.74) is 0. The van der Waals surface area contributed by atoms with Crippen molar-refractivity contribution in [2.75, 3.05) is 45.1 Å². The van der Waals surface area contributed by atoms with Crippen LogP contribution in [-0.2, 0) is 10.0 Å². The standard InChI is InChI=1S/C17H28F2N4O3S.HI/c1-4-20-17(22-10-12-27(24,25)23(5-2)6-3)21-9-11-26-16-8-7-14(18)13-15(16)19;/h7-8,13H,4-6,9-12H2,1-3H3,(H2,20,21,22);1H. The highest BCUT2D eigenvalue weighted by Crippen LogP contribution is 2.17. The minimum absolute atomic E-state index is 0. The zero-order valence-corrected chi connectivity index (χ0v) is 19.5. The van der Waals surface area contributed by atoms with Gasteiger partial charge in [-0.2, -0.15) is 0 Å². The number of halogens is 3. The molecule has 0 spiro atoms. The Morgan fingerprint density at radius 2 is 1.86 bits per heavy atom. The molecule has 0 aliphatic carbocycles. The summed E-state index contributed by atoms with van der Waals surface area (Å²) in [5.74, 6) is -1.11. The van der Waals surface area contributed by atoms with E-state index in [4.69, 9.17) is 4.74 Å². The Kier molecular flexibility index (Phi) is 13.3. The summed E-state index contributed by atoms with van der Waals surface area (Å²) < 4.78 is 57.2. The van der Waals surface area contributed by atoms with E-state index in [1.807, 2.05) is 6.92 Å². The normalized spacial score (nSPS) is 11.9. The fraction of sp³-hybridized carbons (Fsp3) is 0.588. The molecule has 0 saturated heterocycles. The van der Waals surface area contributed by atoms with Gasteiger partial charge in [0.05, 0.1) is 18.8 Å². The molecule has 0 atom stereocenters. The van der Waals surface area contributed by atoms with Gasteiger partial charge in [0.2, 0.25) is 10.0 Å². The Labute approximate surface area is 183 Å². The zero-order valence-electron chi connectivity index (χ0n) is 16.4. The molecule has 28 heavy (non-hydrogen) atoms. The van der Waals surface area contributed by atoms with E-state index < -0.39 is 21.7 Å². The lowest BCUT2D eigenvalue weighted by Gasteiger charge is -2.18. The number of nitrogens with zero attached hydrogens (tertiary/aromatic N) is 2. The van der Waals surface area contributed by atoms with E-state index in [1.165, 1.54) is 10.4 Å². The maximum Gasteiger partial charge on any atom is 0.215 e. The topological polar surface area (TPSA) is 83.0 Å². The number of sulfonamides is 1. The van der Waals surface area contributed by atoms with E-state index in [0.717, 1.165) is 12.1 Å². The second-order valence-corrected chi connectivity index (χ2v) is 7.60. The van der Waals surface area contributed by atoms with Crippen molar-refractivity contribution in [2.45, 2.75) is 20.8 Å². The van der Waals surface area contributed by atoms with Crippen molar-refractivity contribution >= 4 is 40.0 Å². The quantitative estimate of drug-likeness (QED) is 0.197. The maximum absolute atomic E-state index is 13.5. The van der Waals surface area contributed by atoms with Crippen molar-refractivity contribution in [3.05, 3.63) is 29.8 Å². The molecule has 11 heteroatoms. The second-order valence-electron chi connectivity index (χ2n) is 5.51. The first-order valence-corrected chi connectivity index (χ1v) is 10.5. The van der Waals surface area contributed by atoms with E-state index in [1.54, 1.807) is 13.8 Å². The van der Waals surface area contributed by atoms with Crippen LogP contribution in [0.2, 0.25) is 0 Å². The largest absolute Gasteiger partial charge is 0.489 e. The first-order valence-electron chi connectivity index (χ1n) is 8.91. The second kappa shape index (κ2) is 13.9. The predicted molar refractivity (Wildman–Crippen MR) is 118 cm³/mol. The van der Waals surface area contributed by atoms with Crippen molar-refractivity contribution in [2.24, 2.45) is 4.99 Å². The van der Waals surface area contributed by atoms with Crippen molar-refractivity contribution in [3.63, 3.8) is 0 Å². The third-order valence-corrected chi connectivity index (χ3v) is 5.61. The van der Waals surface area contributed by atoms with Crippen molar-refractivity contribution in [3.8, 4) is 5.75 Å². The summed E-state index contributed by atoms with van der Waals surface area (Å²) in [5, 5.41) is 5.97. The Bertz CT molecular complexity index is 716. The van der Waals surface area contributed by atoms with Gasteiger partial charge in [-0.15, -0.1) is 24.0 Å². The lowest BCUT2D eigenvalue weighted by atomic mass is 10.3. The maximum atomic E-state index is 13.5. The molecule has 0 amide bonds. The van der Waals surface area contributed by atoms with Gasteiger partial charge in [-0.05, 0) is 19.1 Å². The molecule has 0 aromatic heterocycles. The van der Waals surface area contributed by atoms with Crippen LogP contribution in [0.3, 0.4) is 0 Å². The van der Waals surface area contributed by atoms with Gasteiger partial charge in [-0.3, -0.25) is 4.99 Å².